The smallest absolute Gasteiger partial charge is 0.244 e. The number of halogens is 1. The zero-order valence-corrected chi connectivity index (χ0v) is 15.9. The van der Waals surface area contributed by atoms with Gasteiger partial charge >= 0.3 is 0 Å². The third kappa shape index (κ3) is 4.78. The summed E-state index contributed by atoms with van der Waals surface area (Å²) < 4.78 is 20.6. The van der Waals surface area contributed by atoms with Gasteiger partial charge in [-0.25, -0.2) is 9.07 Å². The normalized spacial score (nSPS) is 16.4. The number of para-hydroxylation sites is 1. The summed E-state index contributed by atoms with van der Waals surface area (Å²) in [6, 6.07) is 15.9. The zero-order chi connectivity index (χ0) is 20.1. The second-order valence-electron chi connectivity index (χ2n) is 6.93. The van der Waals surface area contributed by atoms with Crippen LogP contribution in [0.5, 0.6) is 0 Å². The fraction of sp³-hybridized carbons (Fsp3) is 0.217. The molecular weight excluding hydrogens is 369 g/mol. The second kappa shape index (κ2) is 8.84. The summed E-state index contributed by atoms with van der Waals surface area (Å²) in [7, 11) is 0. The molecule has 148 valence electrons. The largest absolute Gasteiger partial charge is 0.376 e. The minimum atomic E-state index is -0.304. The number of carbonyl (C=O) groups excluding carboxylic acids is 1. The zero-order valence-electron chi connectivity index (χ0n) is 15.9. The van der Waals surface area contributed by atoms with Gasteiger partial charge in [-0.3, -0.25) is 4.79 Å². The average Bonchev–Trinajstić information content (AvgIpc) is 3.42. The number of aromatic nitrogens is 2. The van der Waals surface area contributed by atoms with Crippen LogP contribution in [0.15, 0.2) is 66.9 Å². The molecule has 0 spiro atoms. The third-order valence-electron chi connectivity index (χ3n) is 4.82. The van der Waals surface area contributed by atoms with E-state index in [9.17, 15) is 9.18 Å². The molecule has 0 radical (unpaired) electrons. The van der Waals surface area contributed by atoms with E-state index in [0.717, 1.165) is 36.3 Å². The molecular formula is C23H22FN3O2. The molecule has 1 atom stereocenters. The van der Waals surface area contributed by atoms with Crippen LogP contribution < -0.4 is 5.32 Å². The summed E-state index contributed by atoms with van der Waals surface area (Å²) in [5.74, 6) is -0.486. The lowest BCUT2D eigenvalue weighted by molar-refractivity contribution is -0.116. The fourth-order valence-electron chi connectivity index (χ4n) is 3.30. The number of amides is 1. The van der Waals surface area contributed by atoms with Gasteiger partial charge in [-0.05, 0) is 55.3 Å². The van der Waals surface area contributed by atoms with E-state index in [4.69, 9.17) is 4.74 Å². The highest BCUT2D eigenvalue weighted by Crippen LogP contribution is 2.25. The van der Waals surface area contributed by atoms with Crippen molar-refractivity contribution in [2.24, 2.45) is 0 Å². The summed E-state index contributed by atoms with van der Waals surface area (Å²) in [6.45, 7) is 1.27. The van der Waals surface area contributed by atoms with Gasteiger partial charge in [-0.2, -0.15) is 5.10 Å². The second-order valence-corrected chi connectivity index (χ2v) is 6.93. The van der Waals surface area contributed by atoms with Crippen molar-refractivity contribution in [2.75, 3.05) is 13.2 Å². The number of hydrogen-bond acceptors (Lipinski definition) is 3. The van der Waals surface area contributed by atoms with Gasteiger partial charge in [0.1, 0.15) is 5.82 Å². The SMILES string of the molecule is O=C(/C=C/c1cn(-c2ccccc2)nc1-c1ccc(F)cc1)NCC1CCCO1. The highest BCUT2D eigenvalue weighted by molar-refractivity contribution is 5.92. The standard InChI is InChI=1S/C23H22FN3O2/c24-19-11-8-17(9-12-19)23-18(16-27(26-23)20-5-2-1-3-6-20)10-13-22(28)25-15-21-7-4-14-29-21/h1-3,5-6,8-13,16,21H,4,7,14-15H2,(H,25,28)/b13-10+. The number of hydrogen-bond donors (Lipinski definition) is 1. The van der Waals surface area contributed by atoms with Crippen molar-refractivity contribution in [1.82, 2.24) is 15.1 Å². The van der Waals surface area contributed by atoms with E-state index in [1.54, 1.807) is 22.9 Å². The van der Waals surface area contributed by atoms with E-state index in [1.807, 2.05) is 36.5 Å². The third-order valence-corrected chi connectivity index (χ3v) is 4.82. The van der Waals surface area contributed by atoms with Gasteiger partial charge in [0.15, 0.2) is 0 Å². The Bertz CT molecular complexity index is 991. The molecule has 2 heterocycles. The molecule has 2 aromatic carbocycles. The van der Waals surface area contributed by atoms with Crippen molar-refractivity contribution in [3.05, 3.63) is 78.3 Å². The molecule has 1 aromatic heterocycles. The molecule has 1 aliphatic heterocycles. The lowest BCUT2D eigenvalue weighted by atomic mass is 10.1. The van der Waals surface area contributed by atoms with Crippen molar-refractivity contribution in [3.8, 4) is 16.9 Å². The molecule has 4 rings (SSSR count). The Morgan fingerprint density at radius 3 is 2.72 bits per heavy atom. The maximum absolute atomic E-state index is 13.3. The molecule has 5 nitrogen and oxygen atoms in total. The predicted molar refractivity (Wildman–Crippen MR) is 110 cm³/mol. The average molecular weight is 391 g/mol. The first kappa shape index (κ1) is 19.1. The Hall–Kier alpha value is -3.25. The number of carbonyl (C=O) groups is 1. The highest BCUT2D eigenvalue weighted by Gasteiger charge is 2.16. The maximum atomic E-state index is 13.3. The number of nitrogens with zero attached hydrogens (tertiary/aromatic N) is 2. The summed E-state index contributed by atoms with van der Waals surface area (Å²) in [6.07, 6.45) is 7.20. The van der Waals surface area contributed by atoms with Crippen LogP contribution in [0.4, 0.5) is 4.39 Å². The van der Waals surface area contributed by atoms with Crippen LogP contribution in [0.1, 0.15) is 18.4 Å². The van der Waals surface area contributed by atoms with E-state index >= 15 is 0 Å². The van der Waals surface area contributed by atoms with Crippen molar-refractivity contribution < 1.29 is 13.9 Å². The highest BCUT2D eigenvalue weighted by atomic mass is 19.1. The van der Waals surface area contributed by atoms with E-state index in [2.05, 4.69) is 10.4 Å². The van der Waals surface area contributed by atoms with Crippen LogP contribution in [-0.2, 0) is 9.53 Å². The van der Waals surface area contributed by atoms with E-state index in [1.165, 1.54) is 18.2 Å². The van der Waals surface area contributed by atoms with Gasteiger partial charge in [0, 0.05) is 36.6 Å². The molecule has 6 heteroatoms. The molecule has 1 fully saturated rings. The first-order valence-corrected chi connectivity index (χ1v) is 9.67. The lowest BCUT2D eigenvalue weighted by Gasteiger charge is -2.08. The molecule has 0 aliphatic carbocycles. The van der Waals surface area contributed by atoms with Crippen LogP contribution in [0.3, 0.4) is 0 Å². The maximum Gasteiger partial charge on any atom is 0.244 e. The molecule has 1 unspecified atom stereocenters. The number of ether oxygens (including phenoxy) is 1. The predicted octanol–water partition coefficient (Wildman–Crippen LogP) is 3.99. The Labute approximate surface area is 168 Å². The van der Waals surface area contributed by atoms with Crippen LogP contribution in [0, 0.1) is 5.82 Å². The van der Waals surface area contributed by atoms with E-state index in [-0.39, 0.29) is 17.8 Å². The summed E-state index contributed by atoms with van der Waals surface area (Å²) in [4.78, 5) is 12.2. The van der Waals surface area contributed by atoms with Gasteiger partial charge in [0.2, 0.25) is 5.91 Å². The van der Waals surface area contributed by atoms with E-state index in [0.29, 0.717) is 12.2 Å². The van der Waals surface area contributed by atoms with Gasteiger partial charge in [0.25, 0.3) is 0 Å². The topological polar surface area (TPSA) is 56.2 Å². The first-order chi connectivity index (χ1) is 14.2. The number of nitrogens with one attached hydrogen (secondary N) is 1. The Morgan fingerprint density at radius 2 is 2.00 bits per heavy atom. The monoisotopic (exact) mass is 391 g/mol. The minimum Gasteiger partial charge on any atom is -0.376 e. The Balaban J connectivity index is 1.57. The molecule has 0 saturated carbocycles. The molecule has 1 aliphatic rings. The molecule has 0 bridgehead atoms. The van der Waals surface area contributed by atoms with Crippen molar-refractivity contribution in [2.45, 2.75) is 18.9 Å². The van der Waals surface area contributed by atoms with Gasteiger partial charge in [-0.1, -0.05) is 18.2 Å². The number of rotatable bonds is 6. The van der Waals surface area contributed by atoms with Crippen LogP contribution >= 0.6 is 0 Å². The molecule has 1 saturated heterocycles. The summed E-state index contributed by atoms with van der Waals surface area (Å²) in [5, 5.41) is 7.53. The van der Waals surface area contributed by atoms with Gasteiger partial charge in [0.05, 0.1) is 17.5 Å². The van der Waals surface area contributed by atoms with E-state index < -0.39 is 0 Å². The lowest BCUT2D eigenvalue weighted by Crippen LogP contribution is -2.30. The Morgan fingerprint density at radius 1 is 1.21 bits per heavy atom. The van der Waals surface area contributed by atoms with Crippen molar-refractivity contribution in [1.29, 1.82) is 0 Å². The molecule has 29 heavy (non-hydrogen) atoms. The van der Waals surface area contributed by atoms with Gasteiger partial charge < -0.3 is 10.1 Å². The van der Waals surface area contributed by atoms with Crippen LogP contribution in [0.2, 0.25) is 0 Å². The Kier molecular flexibility index (Phi) is 5.81. The molecule has 3 aromatic rings. The molecule has 1 N–H and O–H groups in total. The summed E-state index contributed by atoms with van der Waals surface area (Å²) >= 11 is 0. The van der Waals surface area contributed by atoms with Gasteiger partial charge in [-0.15, -0.1) is 0 Å². The van der Waals surface area contributed by atoms with Crippen LogP contribution in [0.25, 0.3) is 23.0 Å². The van der Waals surface area contributed by atoms with Crippen molar-refractivity contribution >= 4 is 12.0 Å². The summed E-state index contributed by atoms with van der Waals surface area (Å²) in [5.41, 5.74) is 3.13. The first-order valence-electron chi connectivity index (χ1n) is 9.67. The molecule has 1 amide bonds. The minimum absolute atomic E-state index is 0.1000. The quantitative estimate of drug-likeness (QED) is 0.647. The fourth-order valence-corrected chi connectivity index (χ4v) is 3.30. The van der Waals surface area contributed by atoms with Crippen molar-refractivity contribution in [3.63, 3.8) is 0 Å². The van der Waals surface area contributed by atoms with Crippen LogP contribution in [-0.4, -0.2) is 34.9 Å². The number of benzene rings is 2.